The molecule has 1 saturated heterocycles. The first-order valence-electron chi connectivity index (χ1n) is 6.07. The summed E-state index contributed by atoms with van der Waals surface area (Å²) >= 11 is 0. The number of hydrogen-bond acceptors (Lipinski definition) is 3. The average molecular weight is 251 g/mol. The minimum Gasteiger partial charge on any atom is -0.379 e. The van der Waals surface area contributed by atoms with Crippen LogP contribution in [0, 0.1) is 5.82 Å². The van der Waals surface area contributed by atoms with Gasteiger partial charge in [0.1, 0.15) is 5.82 Å². The fourth-order valence-electron chi connectivity index (χ4n) is 2.19. The van der Waals surface area contributed by atoms with Crippen molar-refractivity contribution in [2.45, 2.75) is 19.4 Å². The van der Waals surface area contributed by atoms with Crippen molar-refractivity contribution in [1.82, 2.24) is 4.90 Å². The molecular formula is C13H18FN3O. The Balaban J connectivity index is 2.08. The van der Waals surface area contributed by atoms with Crippen LogP contribution in [-0.2, 0) is 4.79 Å². The third kappa shape index (κ3) is 3.20. The Kier molecular flexibility index (Phi) is 3.81. The maximum Gasteiger partial charge on any atom is 0.221 e. The normalized spacial score (nSPS) is 19.8. The lowest BCUT2D eigenvalue weighted by atomic mass is 10.2. The molecule has 18 heavy (non-hydrogen) atoms. The van der Waals surface area contributed by atoms with Crippen LogP contribution in [0.15, 0.2) is 18.2 Å². The van der Waals surface area contributed by atoms with E-state index in [4.69, 9.17) is 0 Å². The van der Waals surface area contributed by atoms with E-state index in [-0.39, 0.29) is 17.8 Å². The highest BCUT2D eigenvalue weighted by Crippen LogP contribution is 2.22. The molecule has 0 aliphatic carbocycles. The van der Waals surface area contributed by atoms with Gasteiger partial charge in [0.05, 0.1) is 5.69 Å². The van der Waals surface area contributed by atoms with Crippen molar-refractivity contribution < 1.29 is 9.18 Å². The Bertz CT molecular complexity index is 450. The minimum atomic E-state index is -0.293. The van der Waals surface area contributed by atoms with Crippen LogP contribution in [0.3, 0.4) is 0 Å². The average Bonchev–Trinajstić information content (AvgIpc) is 2.68. The number of likely N-dealkylation sites (N-methyl/N-ethyl adjacent to an activating group) is 1. The Hall–Kier alpha value is -1.62. The predicted molar refractivity (Wildman–Crippen MR) is 70.2 cm³/mol. The Morgan fingerprint density at radius 1 is 1.50 bits per heavy atom. The molecule has 0 saturated carbocycles. The minimum absolute atomic E-state index is 0.159. The van der Waals surface area contributed by atoms with Gasteiger partial charge in [-0.25, -0.2) is 4.39 Å². The summed E-state index contributed by atoms with van der Waals surface area (Å²) in [6.07, 6.45) is 1.00. The Labute approximate surface area is 106 Å². The van der Waals surface area contributed by atoms with Gasteiger partial charge < -0.3 is 15.5 Å². The molecule has 1 aromatic rings. The molecule has 1 fully saturated rings. The smallest absolute Gasteiger partial charge is 0.221 e. The molecule has 0 radical (unpaired) electrons. The standard InChI is InChI=1S/C13H18FN3O/c1-9(18)15-10-3-4-12(14)13(7-10)16-11-5-6-17(2)8-11/h3-4,7,11,16H,5-6,8H2,1-2H3,(H,15,18). The van der Waals surface area contributed by atoms with Crippen LogP contribution in [0.4, 0.5) is 15.8 Å². The second-order valence-corrected chi connectivity index (χ2v) is 4.77. The lowest BCUT2D eigenvalue weighted by Gasteiger charge is -2.16. The van der Waals surface area contributed by atoms with Crippen molar-refractivity contribution in [3.8, 4) is 0 Å². The third-order valence-electron chi connectivity index (χ3n) is 3.04. The number of carbonyl (C=O) groups is 1. The summed E-state index contributed by atoms with van der Waals surface area (Å²) in [5, 5.41) is 5.84. The van der Waals surface area contributed by atoms with Gasteiger partial charge in [-0.15, -0.1) is 0 Å². The molecule has 98 valence electrons. The van der Waals surface area contributed by atoms with E-state index in [1.54, 1.807) is 12.1 Å². The topological polar surface area (TPSA) is 44.4 Å². The van der Waals surface area contributed by atoms with Crippen LogP contribution < -0.4 is 10.6 Å². The highest BCUT2D eigenvalue weighted by molar-refractivity contribution is 5.89. The maximum absolute atomic E-state index is 13.7. The molecule has 2 rings (SSSR count). The van der Waals surface area contributed by atoms with Gasteiger partial charge in [0.15, 0.2) is 0 Å². The van der Waals surface area contributed by atoms with E-state index in [1.807, 2.05) is 7.05 Å². The molecule has 0 spiro atoms. The third-order valence-corrected chi connectivity index (χ3v) is 3.04. The molecule has 1 aliphatic rings. The van der Waals surface area contributed by atoms with Gasteiger partial charge in [0.2, 0.25) is 5.91 Å². The van der Waals surface area contributed by atoms with Gasteiger partial charge in [-0.3, -0.25) is 4.79 Å². The first kappa shape index (κ1) is 12.8. The van der Waals surface area contributed by atoms with E-state index in [0.29, 0.717) is 11.4 Å². The second-order valence-electron chi connectivity index (χ2n) is 4.77. The number of hydrogen-bond donors (Lipinski definition) is 2. The van der Waals surface area contributed by atoms with Crippen molar-refractivity contribution in [3.63, 3.8) is 0 Å². The van der Waals surface area contributed by atoms with Gasteiger partial charge in [-0.1, -0.05) is 0 Å². The number of anilines is 2. The van der Waals surface area contributed by atoms with Gasteiger partial charge in [0.25, 0.3) is 0 Å². The van der Waals surface area contributed by atoms with Crippen LogP contribution >= 0.6 is 0 Å². The molecule has 1 heterocycles. The summed E-state index contributed by atoms with van der Waals surface area (Å²) in [4.78, 5) is 13.2. The highest BCUT2D eigenvalue weighted by Gasteiger charge is 2.20. The van der Waals surface area contributed by atoms with Gasteiger partial charge in [-0.2, -0.15) is 0 Å². The maximum atomic E-state index is 13.7. The van der Waals surface area contributed by atoms with E-state index in [2.05, 4.69) is 15.5 Å². The van der Waals surface area contributed by atoms with Crippen LogP contribution in [0.5, 0.6) is 0 Å². The van der Waals surface area contributed by atoms with E-state index in [1.165, 1.54) is 13.0 Å². The Morgan fingerprint density at radius 3 is 2.89 bits per heavy atom. The zero-order valence-electron chi connectivity index (χ0n) is 10.7. The van der Waals surface area contributed by atoms with Crippen molar-refractivity contribution in [2.24, 2.45) is 0 Å². The monoisotopic (exact) mass is 251 g/mol. The number of carbonyl (C=O) groups excluding carboxylic acids is 1. The molecular weight excluding hydrogens is 233 g/mol. The summed E-state index contributed by atoms with van der Waals surface area (Å²) in [6.45, 7) is 3.36. The Morgan fingerprint density at radius 2 is 2.28 bits per heavy atom. The molecule has 1 amide bonds. The van der Waals surface area contributed by atoms with Crippen LogP contribution in [0.25, 0.3) is 0 Å². The van der Waals surface area contributed by atoms with E-state index < -0.39 is 0 Å². The summed E-state index contributed by atoms with van der Waals surface area (Å²) in [7, 11) is 2.05. The number of amides is 1. The van der Waals surface area contributed by atoms with Crippen LogP contribution in [0.2, 0.25) is 0 Å². The molecule has 4 nitrogen and oxygen atoms in total. The zero-order valence-corrected chi connectivity index (χ0v) is 10.7. The van der Waals surface area contributed by atoms with Crippen LogP contribution in [0.1, 0.15) is 13.3 Å². The number of nitrogens with zero attached hydrogens (tertiary/aromatic N) is 1. The quantitative estimate of drug-likeness (QED) is 0.862. The SMILES string of the molecule is CC(=O)Nc1ccc(F)c(NC2CCN(C)C2)c1. The highest BCUT2D eigenvalue weighted by atomic mass is 19.1. The number of likely N-dealkylation sites (tertiary alicyclic amines) is 1. The number of nitrogens with one attached hydrogen (secondary N) is 2. The largest absolute Gasteiger partial charge is 0.379 e. The van der Waals surface area contributed by atoms with Gasteiger partial charge in [0, 0.05) is 25.2 Å². The van der Waals surface area contributed by atoms with Crippen molar-refractivity contribution in [2.75, 3.05) is 30.8 Å². The molecule has 1 aromatic carbocycles. The number of benzene rings is 1. The number of rotatable bonds is 3. The second kappa shape index (κ2) is 5.35. The first-order valence-corrected chi connectivity index (χ1v) is 6.07. The molecule has 2 N–H and O–H groups in total. The predicted octanol–water partition coefficient (Wildman–Crippen LogP) is 1.90. The summed E-state index contributed by atoms with van der Waals surface area (Å²) < 4.78 is 13.7. The molecule has 0 bridgehead atoms. The first-order chi connectivity index (χ1) is 8.54. The molecule has 1 atom stereocenters. The fraction of sp³-hybridized carbons (Fsp3) is 0.462. The molecule has 0 aromatic heterocycles. The molecule has 5 heteroatoms. The number of halogens is 1. The van der Waals surface area contributed by atoms with E-state index >= 15 is 0 Å². The van der Waals surface area contributed by atoms with E-state index in [0.717, 1.165) is 19.5 Å². The summed E-state index contributed by atoms with van der Waals surface area (Å²) in [5.74, 6) is -0.452. The van der Waals surface area contributed by atoms with Crippen molar-refractivity contribution in [1.29, 1.82) is 0 Å². The van der Waals surface area contributed by atoms with E-state index in [9.17, 15) is 9.18 Å². The fourth-order valence-corrected chi connectivity index (χ4v) is 2.19. The lowest BCUT2D eigenvalue weighted by Crippen LogP contribution is -2.24. The van der Waals surface area contributed by atoms with Gasteiger partial charge in [-0.05, 0) is 38.2 Å². The van der Waals surface area contributed by atoms with Crippen LogP contribution in [-0.4, -0.2) is 37.0 Å². The zero-order chi connectivity index (χ0) is 13.1. The summed E-state index contributed by atoms with van der Waals surface area (Å²) in [6, 6.07) is 4.82. The molecule has 1 unspecified atom stereocenters. The molecule has 1 aliphatic heterocycles. The van der Waals surface area contributed by atoms with Crippen molar-refractivity contribution >= 4 is 17.3 Å². The van der Waals surface area contributed by atoms with Gasteiger partial charge >= 0.3 is 0 Å². The summed E-state index contributed by atoms with van der Waals surface area (Å²) in [5.41, 5.74) is 1.05. The lowest BCUT2D eigenvalue weighted by molar-refractivity contribution is -0.114. The van der Waals surface area contributed by atoms with Crippen molar-refractivity contribution in [3.05, 3.63) is 24.0 Å².